The van der Waals surface area contributed by atoms with Crippen molar-refractivity contribution in [2.45, 2.75) is 26.8 Å². The van der Waals surface area contributed by atoms with Gasteiger partial charge in [-0.05, 0) is 37.6 Å². The number of aromatic nitrogens is 1. The van der Waals surface area contributed by atoms with Crippen molar-refractivity contribution in [2.24, 2.45) is 5.10 Å². The first kappa shape index (κ1) is 17.5. The van der Waals surface area contributed by atoms with E-state index in [4.69, 9.17) is 4.74 Å². The van der Waals surface area contributed by atoms with Crippen LogP contribution in [0, 0.1) is 0 Å². The number of ether oxygens (including phenoxy) is 1. The van der Waals surface area contributed by atoms with Crippen molar-refractivity contribution >= 4 is 12.1 Å². The van der Waals surface area contributed by atoms with Crippen molar-refractivity contribution in [3.8, 4) is 5.75 Å². The third kappa shape index (κ3) is 4.32. The Labute approximate surface area is 140 Å². The van der Waals surface area contributed by atoms with E-state index in [0.717, 1.165) is 12.0 Å². The van der Waals surface area contributed by atoms with Gasteiger partial charge >= 0.3 is 0 Å². The monoisotopic (exact) mass is 327 g/mol. The predicted octanol–water partition coefficient (Wildman–Crippen LogP) is 2.42. The lowest BCUT2D eigenvalue weighted by molar-refractivity contribution is 0.0953. The molecule has 0 aliphatic rings. The molecule has 2 aromatic rings. The van der Waals surface area contributed by atoms with Gasteiger partial charge in [-0.15, -0.1) is 0 Å². The van der Waals surface area contributed by atoms with E-state index in [1.807, 2.05) is 38.1 Å². The van der Waals surface area contributed by atoms with Crippen LogP contribution in [0.25, 0.3) is 0 Å². The first-order chi connectivity index (χ1) is 11.7. The summed E-state index contributed by atoms with van der Waals surface area (Å²) >= 11 is 0. The van der Waals surface area contributed by atoms with Gasteiger partial charge in [0.2, 0.25) is 0 Å². The largest absolute Gasteiger partial charge is 0.493 e. The maximum atomic E-state index is 12.1. The number of para-hydroxylation sites is 1. The molecule has 1 N–H and O–H groups in total. The number of carbonyl (C=O) groups is 1. The molecule has 1 amide bonds. The molecule has 0 spiro atoms. The maximum Gasteiger partial charge on any atom is 0.276 e. The van der Waals surface area contributed by atoms with E-state index in [1.165, 1.54) is 16.8 Å². The summed E-state index contributed by atoms with van der Waals surface area (Å²) in [6, 6.07) is 10.6. The van der Waals surface area contributed by atoms with Crippen molar-refractivity contribution in [1.29, 1.82) is 0 Å². The highest BCUT2D eigenvalue weighted by Gasteiger charge is 2.10. The fourth-order valence-corrected chi connectivity index (χ4v) is 2.11. The van der Waals surface area contributed by atoms with Crippen molar-refractivity contribution in [3.63, 3.8) is 0 Å². The molecule has 0 unspecified atom stereocenters. The van der Waals surface area contributed by atoms with Crippen LogP contribution < -0.4 is 15.7 Å². The van der Waals surface area contributed by atoms with Crippen LogP contribution in [0.15, 0.2) is 52.5 Å². The zero-order valence-electron chi connectivity index (χ0n) is 13.9. The van der Waals surface area contributed by atoms with Crippen LogP contribution in [-0.2, 0) is 6.54 Å². The van der Waals surface area contributed by atoms with Crippen molar-refractivity contribution in [2.75, 3.05) is 6.61 Å². The summed E-state index contributed by atoms with van der Waals surface area (Å²) in [4.78, 5) is 24.2. The number of nitrogens with zero attached hydrogens (tertiary/aromatic N) is 2. The minimum atomic E-state index is -0.536. The van der Waals surface area contributed by atoms with Gasteiger partial charge in [0.1, 0.15) is 11.3 Å². The van der Waals surface area contributed by atoms with E-state index < -0.39 is 5.91 Å². The molecule has 0 bridgehead atoms. The fourth-order valence-electron chi connectivity index (χ4n) is 2.11. The predicted molar refractivity (Wildman–Crippen MR) is 93.7 cm³/mol. The number of nitrogens with one attached hydrogen (secondary N) is 1. The van der Waals surface area contributed by atoms with Gasteiger partial charge in [0.05, 0.1) is 12.8 Å². The van der Waals surface area contributed by atoms with E-state index in [2.05, 4.69) is 10.5 Å². The lowest BCUT2D eigenvalue weighted by Crippen LogP contribution is -2.30. The van der Waals surface area contributed by atoms with Crippen molar-refractivity contribution in [3.05, 3.63) is 64.1 Å². The van der Waals surface area contributed by atoms with Crippen LogP contribution >= 0.6 is 0 Å². The van der Waals surface area contributed by atoms with Crippen molar-refractivity contribution < 1.29 is 9.53 Å². The molecule has 0 radical (unpaired) electrons. The molecule has 0 atom stereocenters. The molecular formula is C18H21N3O3. The molecule has 0 saturated heterocycles. The molecule has 0 saturated carbocycles. The fraction of sp³-hybridized carbons (Fsp3) is 0.278. The number of benzene rings is 1. The zero-order chi connectivity index (χ0) is 17.4. The number of hydrogen-bond acceptors (Lipinski definition) is 4. The topological polar surface area (TPSA) is 72.7 Å². The molecule has 6 heteroatoms. The summed E-state index contributed by atoms with van der Waals surface area (Å²) in [5.74, 6) is 0.163. The van der Waals surface area contributed by atoms with Gasteiger partial charge in [0.25, 0.3) is 11.5 Å². The average Bonchev–Trinajstić information content (AvgIpc) is 2.61. The summed E-state index contributed by atoms with van der Waals surface area (Å²) in [5.41, 5.74) is 2.87. The van der Waals surface area contributed by atoms with E-state index in [0.29, 0.717) is 18.9 Å². The van der Waals surface area contributed by atoms with Crippen LogP contribution in [0.4, 0.5) is 0 Å². The summed E-state index contributed by atoms with van der Waals surface area (Å²) < 4.78 is 7.09. The van der Waals surface area contributed by atoms with E-state index >= 15 is 0 Å². The Morgan fingerprint density at radius 2 is 2.04 bits per heavy atom. The third-order valence-corrected chi connectivity index (χ3v) is 3.36. The van der Waals surface area contributed by atoms with Crippen LogP contribution in [-0.4, -0.2) is 23.3 Å². The smallest absolute Gasteiger partial charge is 0.276 e. The number of hydrazone groups is 1. The molecule has 1 aromatic carbocycles. The highest BCUT2D eigenvalue weighted by Crippen LogP contribution is 2.15. The first-order valence-electron chi connectivity index (χ1n) is 7.92. The van der Waals surface area contributed by atoms with Gasteiger partial charge in [0.15, 0.2) is 0 Å². The first-order valence-corrected chi connectivity index (χ1v) is 7.92. The highest BCUT2D eigenvalue weighted by molar-refractivity contribution is 5.94. The number of carbonyl (C=O) groups excluding carboxylic acids is 1. The standard InChI is InChI=1S/C18H21N3O3/c1-3-12-24-16-10-6-5-8-14(16)13-19-20-17(22)15-9-7-11-21(4-2)18(15)23/h5-11,13H,3-4,12H2,1-2H3,(H,20,22)/b19-13-. The molecule has 0 aliphatic heterocycles. The summed E-state index contributed by atoms with van der Waals surface area (Å²) in [6.07, 6.45) is 4.05. The lowest BCUT2D eigenvalue weighted by atomic mass is 10.2. The Kier molecular flexibility index (Phi) is 6.31. The van der Waals surface area contributed by atoms with Crippen LogP contribution in [0.1, 0.15) is 36.2 Å². The zero-order valence-corrected chi connectivity index (χ0v) is 13.9. The van der Waals surface area contributed by atoms with E-state index in [1.54, 1.807) is 12.3 Å². The molecular weight excluding hydrogens is 306 g/mol. The second kappa shape index (κ2) is 8.67. The summed E-state index contributed by atoms with van der Waals surface area (Å²) in [6.45, 7) is 4.98. The Hall–Kier alpha value is -2.89. The molecule has 126 valence electrons. The molecule has 1 aromatic heterocycles. The Balaban J connectivity index is 2.10. The molecule has 24 heavy (non-hydrogen) atoms. The Bertz CT molecular complexity index is 781. The number of pyridine rings is 1. The Morgan fingerprint density at radius 1 is 1.25 bits per heavy atom. The number of rotatable bonds is 7. The quantitative estimate of drug-likeness (QED) is 0.627. The Morgan fingerprint density at radius 3 is 2.79 bits per heavy atom. The van der Waals surface area contributed by atoms with Gasteiger partial charge < -0.3 is 9.30 Å². The van der Waals surface area contributed by atoms with Gasteiger partial charge in [0, 0.05) is 18.3 Å². The second-order valence-corrected chi connectivity index (χ2v) is 5.10. The van der Waals surface area contributed by atoms with Gasteiger partial charge in [-0.25, -0.2) is 5.43 Å². The van der Waals surface area contributed by atoms with Crippen LogP contribution in [0.2, 0.25) is 0 Å². The highest BCUT2D eigenvalue weighted by atomic mass is 16.5. The number of amides is 1. The van der Waals surface area contributed by atoms with Gasteiger partial charge in [-0.2, -0.15) is 5.10 Å². The molecule has 6 nitrogen and oxygen atoms in total. The van der Waals surface area contributed by atoms with Crippen molar-refractivity contribution in [1.82, 2.24) is 9.99 Å². The van der Waals surface area contributed by atoms with Gasteiger partial charge in [-0.3, -0.25) is 9.59 Å². The summed E-state index contributed by atoms with van der Waals surface area (Å²) in [5, 5.41) is 3.93. The van der Waals surface area contributed by atoms with Crippen LogP contribution in [0.5, 0.6) is 5.75 Å². The lowest BCUT2D eigenvalue weighted by Gasteiger charge is -2.07. The second-order valence-electron chi connectivity index (χ2n) is 5.10. The number of aryl methyl sites for hydroxylation is 1. The maximum absolute atomic E-state index is 12.1. The summed E-state index contributed by atoms with van der Waals surface area (Å²) in [7, 11) is 0. The minimum absolute atomic E-state index is 0.0621. The van der Waals surface area contributed by atoms with Crippen LogP contribution in [0.3, 0.4) is 0 Å². The molecule has 2 rings (SSSR count). The number of hydrogen-bond donors (Lipinski definition) is 1. The average molecular weight is 327 g/mol. The minimum Gasteiger partial charge on any atom is -0.493 e. The normalized spacial score (nSPS) is 10.8. The molecule has 1 heterocycles. The SMILES string of the molecule is CCCOc1ccccc1/C=N\NC(=O)c1cccn(CC)c1=O. The third-order valence-electron chi connectivity index (χ3n) is 3.36. The van der Waals surface area contributed by atoms with E-state index in [9.17, 15) is 9.59 Å². The van der Waals surface area contributed by atoms with E-state index in [-0.39, 0.29) is 11.1 Å². The molecule has 0 fully saturated rings. The molecule has 0 aliphatic carbocycles. The van der Waals surface area contributed by atoms with Gasteiger partial charge in [-0.1, -0.05) is 19.1 Å².